The third-order valence-corrected chi connectivity index (χ3v) is 3.37. The smallest absolute Gasteiger partial charge is 0.341 e. The predicted molar refractivity (Wildman–Crippen MR) is 68.5 cm³/mol. The van der Waals surface area contributed by atoms with Crippen LogP contribution in [0.25, 0.3) is 22.2 Å². The molecule has 0 spiro atoms. The molecule has 0 atom stereocenters. The number of benzene rings is 1. The number of aromatic nitrogens is 2. The van der Waals surface area contributed by atoms with Crippen LogP contribution in [0, 0.1) is 0 Å². The molecule has 0 saturated heterocycles. The number of carboxylic acid groups (broad SMARTS) is 1. The zero-order valence-electron chi connectivity index (χ0n) is 8.98. The van der Waals surface area contributed by atoms with Crippen LogP contribution in [-0.2, 0) is 0 Å². The number of fused-ring (bicyclic) bond motifs is 1. The van der Waals surface area contributed by atoms with Gasteiger partial charge in [0.25, 0.3) is 0 Å². The van der Waals surface area contributed by atoms with Gasteiger partial charge in [-0.2, -0.15) is 0 Å². The molecule has 2 aromatic heterocycles. The maximum absolute atomic E-state index is 11.1. The van der Waals surface area contributed by atoms with Crippen LogP contribution in [0.5, 0.6) is 0 Å². The summed E-state index contributed by atoms with van der Waals surface area (Å²) in [5.74, 6) is -0.803. The highest BCUT2D eigenvalue weighted by molar-refractivity contribution is 9.10. The number of nitrogens with one attached hydrogen (secondary N) is 1. The Labute approximate surface area is 110 Å². The third-order valence-electron chi connectivity index (χ3n) is 2.71. The van der Waals surface area contributed by atoms with Crippen LogP contribution in [0.1, 0.15) is 10.4 Å². The van der Waals surface area contributed by atoms with Gasteiger partial charge in [0, 0.05) is 21.6 Å². The monoisotopic (exact) mass is 306 g/mol. The van der Waals surface area contributed by atoms with Gasteiger partial charge in [-0.05, 0) is 22.0 Å². The molecule has 0 bridgehead atoms. The van der Waals surface area contributed by atoms with Crippen molar-refractivity contribution in [1.82, 2.24) is 10.1 Å². The Morgan fingerprint density at radius 1 is 1.44 bits per heavy atom. The number of hydrogen-bond acceptors (Lipinski definition) is 3. The van der Waals surface area contributed by atoms with Crippen LogP contribution in [0.4, 0.5) is 0 Å². The molecular formula is C12H7BrN2O3. The number of halogens is 1. The molecule has 5 nitrogen and oxygen atoms in total. The highest BCUT2D eigenvalue weighted by Crippen LogP contribution is 2.33. The Morgan fingerprint density at radius 2 is 2.28 bits per heavy atom. The summed E-state index contributed by atoms with van der Waals surface area (Å²) in [6.07, 6.45) is 2.91. The Kier molecular flexibility index (Phi) is 2.45. The quantitative estimate of drug-likeness (QED) is 0.761. The van der Waals surface area contributed by atoms with Crippen molar-refractivity contribution in [2.45, 2.75) is 0 Å². The van der Waals surface area contributed by atoms with Gasteiger partial charge >= 0.3 is 5.97 Å². The van der Waals surface area contributed by atoms with Gasteiger partial charge < -0.3 is 14.6 Å². The van der Waals surface area contributed by atoms with Crippen LogP contribution in [0.3, 0.4) is 0 Å². The summed E-state index contributed by atoms with van der Waals surface area (Å²) in [6, 6.07) is 5.67. The molecule has 0 radical (unpaired) electrons. The summed E-state index contributed by atoms with van der Waals surface area (Å²) in [5, 5.41) is 13.5. The largest absolute Gasteiger partial charge is 0.477 e. The standard InChI is InChI=1S/C12H7BrN2O3/c13-9-3-1-2-6-7(4-14-10(6)9)11-8(12(16)17)5-15-18-11/h1-5,14H,(H,16,17). The predicted octanol–water partition coefficient (Wildman–Crippen LogP) is 3.28. The van der Waals surface area contributed by atoms with Crippen molar-refractivity contribution in [3.8, 4) is 11.3 Å². The van der Waals surface area contributed by atoms with Crippen molar-refractivity contribution in [1.29, 1.82) is 0 Å². The van der Waals surface area contributed by atoms with Gasteiger partial charge in [-0.15, -0.1) is 0 Å². The van der Waals surface area contributed by atoms with E-state index in [4.69, 9.17) is 9.63 Å². The van der Waals surface area contributed by atoms with Crippen molar-refractivity contribution in [2.75, 3.05) is 0 Å². The number of carbonyl (C=O) groups is 1. The first-order valence-electron chi connectivity index (χ1n) is 5.12. The number of nitrogens with zero attached hydrogens (tertiary/aromatic N) is 1. The van der Waals surface area contributed by atoms with E-state index in [-0.39, 0.29) is 11.3 Å². The first-order valence-corrected chi connectivity index (χ1v) is 5.91. The number of aromatic amines is 1. The zero-order chi connectivity index (χ0) is 12.7. The molecule has 18 heavy (non-hydrogen) atoms. The van der Waals surface area contributed by atoms with Crippen LogP contribution in [-0.4, -0.2) is 21.2 Å². The van der Waals surface area contributed by atoms with Gasteiger partial charge in [0.2, 0.25) is 0 Å². The highest BCUT2D eigenvalue weighted by Gasteiger charge is 2.20. The second kappa shape index (κ2) is 3.99. The Balaban J connectivity index is 2.29. The van der Waals surface area contributed by atoms with Gasteiger partial charge in [0.1, 0.15) is 5.56 Å². The molecular weight excluding hydrogens is 300 g/mol. The lowest BCUT2D eigenvalue weighted by molar-refractivity contribution is 0.0697. The molecule has 3 aromatic rings. The fourth-order valence-electron chi connectivity index (χ4n) is 1.89. The third kappa shape index (κ3) is 1.53. The normalized spacial score (nSPS) is 10.9. The molecule has 0 unspecified atom stereocenters. The minimum Gasteiger partial charge on any atom is -0.477 e. The lowest BCUT2D eigenvalue weighted by atomic mass is 10.1. The number of aromatic carboxylic acids is 1. The zero-order valence-corrected chi connectivity index (χ0v) is 10.6. The fraction of sp³-hybridized carbons (Fsp3) is 0. The van der Waals surface area contributed by atoms with E-state index in [0.717, 1.165) is 15.4 Å². The van der Waals surface area contributed by atoms with Gasteiger partial charge in [0.15, 0.2) is 5.76 Å². The average Bonchev–Trinajstić information content (AvgIpc) is 2.94. The molecule has 0 amide bonds. The minimum atomic E-state index is -1.06. The van der Waals surface area contributed by atoms with Crippen LogP contribution in [0.15, 0.2) is 39.6 Å². The maximum Gasteiger partial charge on any atom is 0.341 e. The summed E-state index contributed by atoms with van der Waals surface area (Å²) in [6.45, 7) is 0. The SMILES string of the molecule is O=C(O)c1cnoc1-c1c[nH]c2c(Br)cccc12. The molecule has 0 fully saturated rings. The number of carboxylic acids is 1. The summed E-state index contributed by atoms with van der Waals surface area (Å²) >= 11 is 3.43. The van der Waals surface area contributed by atoms with Crippen molar-refractivity contribution < 1.29 is 14.4 Å². The van der Waals surface area contributed by atoms with Crippen molar-refractivity contribution in [3.63, 3.8) is 0 Å². The van der Waals surface area contributed by atoms with E-state index in [0.29, 0.717) is 5.56 Å². The topological polar surface area (TPSA) is 79.1 Å². The van der Waals surface area contributed by atoms with E-state index in [9.17, 15) is 4.79 Å². The van der Waals surface area contributed by atoms with Gasteiger partial charge in [-0.3, -0.25) is 0 Å². The van der Waals surface area contributed by atoms with E-state index in [1.54, 1.807) is 6.20 Å². The molecule has 90 valence electrons. The van der Waals surface area contributed by atoms with Crippen molar-refractivity contribution in [3.05, 3.63) is 40.6 Å². The molecule has 0 aliphatic rings. The molecule has 2 N–H and O–H groups in total. The number of rotatable bonds is 2. The first-order chi connectivity index (χ1) is 8.68. The molecule has 6 heteroatoms. The number of para-hydroxylation sites is 1. The van der Waals surface area contributed by atoms with E-state index in [1.165, 1.54) is 6.20 Å². The number of H-pyrrole nitrogens is 1. The lowest BCUT2D eigenvalue weighted by Crippen LogP contribution is -1.95. The Morgan fingerprint density at radius 3 is 3.06 bits per heavy atom. The minimum absolute atomic E-state index is 0.0517. The molecule has 0 aliphatic heterocycles. The lowest BCUT2D eigenvalue weighted by Gasteiger charge is -1.97. The number of hydrogen-bond donors (Lipinski definition) is 2. The first kappa shape index (κ1) is 11.0. The van der Waals surface area contributed by atoms with Gasteiger partial charge in [-0.1, -0.05) is 17.3 Å². The fourth-order valence-corrected chi connectivity index (χ4v) is 2.37. The molecule has 0 aliphatic carbocycles. The van der Waals surface area contributed by atoms with Crippen LogP contribution < -0.4 is 0 Å². The Hall–Kier alpha value is -2.08. The molecule has 2 heterocycles. The molecule has 1 aromatic carbocycles. The Bertz CT molecular complexity index is 745. The van der Waals surface area contributed by atoms with E-state index < -0.39 is 5.97 Å². The van der Waals surface area contributed by atoms with E-state index in [1.807, 2.05) is 18.2 Å². The maximum atomic E-state index is 11.1. The summed E-state index contributed by atoms with van der Waals surface area (Å²) in [7, 11) is 0. The second-order valence-corrected chi connectivity index (χ2v) is 4.59. The van der Waals surface area contributed by atoms with Gasteiger partial charge in [0.05, 0.1) is 11.7 Å². The van der Waals surface area contributed by atoms with Crippen molar-refractivity contribution >= 4 is 32.8 Å². The van der Waals surface area contributed by atoms with Crippen molar-refractivity contribution in [2.24, 2.45) is 0 Å². The average molecular weight is 307 g/mol. The molecule has 0 saturated carbocycles. The summed E-state index contributed by atoms with van der Waals surface area (Å²) in [5.41, 5.74) is 1.62. The van der Waals surface area contributed by atoms with Gasteiger partial charge in [-0.25, -0.2) is 4.79 Å². The summed E-state index contributed by atoms with van der Waals surface area (Å²) in [4.78, 5) is 14.1. The van der Waals surface area contributed by atoms with E-state index in [2.05, 4.69) is 26.1 Å². The van der Waals surface area contributed by atoms with Crippen LogP contribution >= 0.6 is 15.9 Å². The summed E-state index contributed by atoms with van der Waals surface area (Å²) < 4.78 is 5.96. The highest BCUT2D eigenvalue weighted by atomic mass is 79.9. The van der Waals surface area contributed by atoms with Crippen LogP contribution in [0.2, 0.25) is 0 Å². The van der Waals surface area contributed by atoms with E-state index >= 15 is 0 Å². The molecule has 3 rings (SSSR count). The second-order valence-electron chi connectivity index (χ2n) is 3.74.